The highest BCUT2D eigenvalue weighted by atomic mass is 16.3. The number of rotatable bonds is 3. The Kier molecular flexibility index (Phi) is 4.18. The molecule has 3 N–H and O–H groups in total. The Labute approximate surface area is 191 Å². The number of aromatic nitrogens is 5. The molecule has 4 heterocycles. The van der Waals surface area contributed by atoms with Crippen LogP contribution >= 0.6 is 0 Å². The van der Waals surface area contributed by atoms with E-state index in [1.54, 1.807) is 10.7 Å². The molecular formula is C26H24N6O. The number of hydrogen-bond donors (Lipinski definition) is 2. The van der Waals surface area contributed by atoms with Crippen molar-refractivity contribution in [2.75, 3.05) is 0 Å². The van der Waals surface area contributed by atoms with Crippen LogP contribution in [0, 0.1) is 6.92 Å². The summed E-state index contributed by atoms with van der Waals surface area (Å²) in [5.41, 5.74) is 12.6. The average Bonchev–Trinajstić information content (AvgIpc) is 3.18. The average molecular weight is 437 g/mol. The van der Waals surface area contributed by atoms with Crippen LogP contribution in [0.3, 0.4) is 0 Å². The molecule has 0 aliphatic heterocycles. The van der Waals surface area contributed by atoms with E-state index in [1.165, 1.54) is 0 Å². The first kappa shape index (κ1) is 20.0. The zero-order chi connectivity index (χ0) is 22.8. The summed E-state index contributed by atoms with van der Waals surface area (Å²) >= 11 is 0. The van der Waals surface area contributed by atoms with Crippen molar-refractivity contribution in [1.29, 1.82) is 0 Å². The molecule has 0 bridgehead atoms. The number of aliphatic hydroxyl groups is 1. The van der Waals surface area contributed by atoms with Crippen molar-refractivity contribution in [2.24, 2.45) is 5.73 Å². The fourth-order valence-corrected chi connectivity index (χ4v) is 5.09. The van der Waals surface area contributed by atoms with E-state index in [-0.39, 0.29) is 0 Å². The second-order valence-corrected chi connectivity index (χ2v) is 9.44. The summed E-state index contributed by atoms with van der Waals surface area (Å²) in [7, 11) is 0. The molecule has 1 aromatic carbocycles. The van der Waals surface area contributed by atoms with Gasteiger partial charge in [0.05, 0.1) is 17.0 Å². The van der Waals surface area contributed by atoms with Gasteiger partial charge in [-0.15, -0.1) is 0 Å². The van der Waals surface area contributed by atoms with Gasteiger partial charge in [-0.25, -0.2) is 9.97 Å². The van der Waals surface area contributed by atoms with Gasteiger partial charge >= 0.3 is 0 Å². The molecule has 33 heavy (non-hydrogen) atoms. The molecule has 7 nitrogen and oxygen atoms in total. The summed E-state index contributed by atoms with van der Waals surface area (Å²) in [6.07, 6.45) is 6.55. The number of benzene rings is 1. The molecular weight excluding hydrogens is 412 g/mol. The molecule has 0 atom stereocenters. The van der Waals surface area contributed by atoms with Crippen LogP contribution in [-0.4, -0.2) is 35.3 Å². The molecule has 0 radical (unpaired) electrons. The minimum atomic E-state index is -0.692. The van der Waals surface area contributed by atoms with E-state index in [2.05, 4.69) is 33.3 Å². The molecule has 4 aromatic heterocycles. The summed E-state index contributed by atoms with van der Waals surface area (Å²) in [5, 5.41) is 15.7. The van der Waals surface area contributed by atoms with Crippen LogP contribution in [0.15, 0.2) is 67.1 Å². The standard InChI is InChI=1S/C26H24N6O/c1-16-10-22-29-13-19-11-21(18-4-3-9-28-12-18)23(30-24(19)32(22)31-16)17-5-7-20(8-6-17)26(27)14-25(2,33)15-26/h3-13,33H,14-15,27H2,1-2H3/t25-,26-. The maximum absolute atomic E-state index is 10.2. The molecule has 7 heteroatoms. The van der Waals surface area contributed by atoms with E-state index in [0.717, 1.165) is 50.3 Å². The first-order valence-electron chi connectivity index (χ1n) is 11.0. The van der Waals surface area contributed by atoms with E-state index >= 15 is 0 Å². The fourth-order valence-electron chi connectivity index (χ4n) is 5.09. The first-order valence-corrected chi connectivity index (χ1v) is 11.0. The van der Waals surface area contributed by atoms with Gasteiger partial charge in [0.1, 0.15) is 0 Å². The maximum atomic E-state index is 10.2. The quantitative estimate of drug-likeness (QED) is 0.443. The van der Waals surface area contributed by atoms with E-state index in [1.807, 2.05) is 56.6 Å². The molecule has 1 aliphatic rings. The molecule has 0 unspecified atom stereocenters. The summed E-state index contributed by atoms with van der Waals surface area (Å²) < 4.78 is 1.79. The molecule has 1 saturated carbocycles. The van der Waals surface area contributed by atoms with Crippen molar-refractivity contribution < 1.29 is 5.11 Å². The lowest BCUT2D eigenvalue weighted by atomic mass is 9.63. The number of nitrogens with zero attached hydrogens (tertiary/aromatic N) is 5. The van der Waals surface area contributed by atoms with Crippen LogP contribution < -0.4 is 5.73 Å². The minimum absolute atomic E-state index is 0.491. The van der Waals surface area contributed by atoms with Crippen LogP contribution in [0.4, 0.5) is 0 Å². The number of aryl methyl sites for hydroxylation is 1. The van der Waals surface area contributed by atoms with E-state index < -0.39 is 11.1 Å². The van der Waals surface area contributed by atoms with Crippen LogP contribution in [0.25, 0.3) is 39.1 Å². The third-order valence-electron chi connectivity index (χ3n) is 6.48. The zero-order valence-corrected chi connectivity index (χ0v) is 18.5. The second kappa shape index (κ2) is 6.91. The Balaban J connectivity index is 1.53. The molecule has 6 rings (SSSR count). The van der Waals surface area contributed by atoms with Gasteiger partial charge in [-0.1, -0.05) is 30.3 Å². The topological polar surface area (TPSA) is 102 Å². The molecule has 0 amide bonds. The Hall–Kier alpha value is -3.68. The van der Waals surface area contributed by atoms with Crippen molar-refractivity contribution in [2.45, 2.75) is 37.8 Å². The van der Waals surface area contributed by atoms with Gasteiger partial charge in [0.25, 0.3) is 0 Å². The molecule has 164 valence electrons. The Bertz CT molecular complexity index is 1500. The number of pyridine rings is 2. The third kappa shape index (κ3) is 3.28. The van der Waals surface area contributed by atoms with E-state index in [9.17, 15) is 5.11 Å². The van der Waals surface area contributed by atoms with Crippen molar-refractivity contribution in [3.8, 4) is 22.4 Å². The van der Waals surface area contributed by atoms with Gasteiger partial charge in [-0.05, 0) is 44.4 Å². The number of hydrogen-bond acceptors (Lipinski definition) is 6. The molecule has 1 fully saturated rings. The highest BCUT2D eigenvalue weighted by Gasteiger charge is 2.49. The predicted octanol–water partition coefficient (Wildman–Crippen LogP) is 4.01. The van der Waals surface area contributed by atoms with Crippen molar-refractivity contribution >= 4 is 16.7 Å². The lowest BCUT2D eigenvalue weighted by Gasteiger charge is -2.49. The summed E-state index contributed by atoms with van der Waals surface area (Å²) in [4.78, 5) is 13.9. The summed E-state index contributed by atoms with van der Waals surface area (Å²) in [5.74, 6) is 0. The maximum Gasteiger partial charge on any atom is 0.165 e. The van der Waals surface area contributed by atoms with Gasteiger partial charge in [-0.2, -0.15) is 9.61 Å². The van der Waals surface area contributed by atoms with Gasteiger partial charge in [0.15, 0.2) is 11.3 Å². The van der Waals surface area contributed by atoms with Gasteiger partial charge in [0.2, 0.25) is 0 Å². The molecule has 0 saturated heterocycles. The summed E-state index contributed by atoms with van der Waals surface area (Å²) in [6, 6.07) is 16.2. The van der Waals surface area contributed by atoms with Crippen molar-refractivity contribution in [3.05, 3.63) is 78.4 Å². The SMILES string of the molecule is Cc1cc2ncc3cc(-c4cccnc4)c(-c4ccc([C@]5(N)C[C@](C)(O)C5)cc4)nc3n2n1. The van der Waals surface area contributed by atoms with Crippen molar-refractivity contribution in [1.82, 2.24) is 24.6 Å². The summed E-state index contributed by atoms with van der Waals surface area (Å²) in [6.45, 7) is 3.78. The Morgan fingerprint density at radius 2 is 1.82 bits per heavy atom. The van der Waals surface area contributed by atoms with Crippen LogP contribution in [0.5, 0.6) is 0 Å². The normalized spacial score (nSPS) is 22.5. The molecule has 0 spiro atoms. The lowest BCUT2D eigenvalue weighted by molar-refractivity contribution is -0.0738. The van der Waals surface area contributed by atoms with Gasteiger partial charge in [0, 0.05) is 52.3 Å². The number of fused-ring (bicyclic) bond motifs is 3. The monoisotopic (exact) mass is 436 g/mol. The van der Waals surface area contributed by atoms with E-state index in [0.29, 0.717) is 12.8 Å². The Morgan fingerprint density at radius 3 is 2.52 bits per heavy atom. The molecule has 5 aromatic rings. The first-order chi connectivity index (χ1) is 15.8. The highest BCUT2D eigenvalue weighted by Crippen LogP contribution is 2.46. The second-order valence-electron chi connectivity index (χ2n) is 9.44. The lowest BCUT2D eigenvalue weighted by Crippen LogP contribution is -2.58. The largest absolute Gasteiger partial charge is 0.390 e. The minimum Gasteiger partial charge on any atom is -0.390 e. The van der Waals surface area contributed by atoms with E-state index in [4.69, 9.17) is 10.7 Å². The van der Waals surface area contributed by atoms with Crippen LogP contribution in [0.1, 0.15) is 31.0 Å². The Morgan fingerprint density at radius 1 is 1.03 bits per heavy atom. The van der Waals surface area contributed by atoms with Crippen LogP contribution in [0.2, 0.25) is 0 Å². The number of nitrogens with two attached hydrogens (primary N) is 1. The van der Waals surface area contributed by atoms with Gasteiger partial charge in [-0.3, -0.25) is 4.98 Å². The zero-order valence-electron chi connectivity index (χ0n) is 18.5. The van der Waals surface area contributed by atoms with Gasteiger partial charge < -0.3 is 10.8 Å². The van der Waals surface area contributed by atoms with Crippen molar-refractivity contribution in [3.63, 3.8) is 0 Å². The van der Waals surface area contributed by atoms with Crippen LogP contribution in [-0.2, 0) is 5.54 Å². The third-order valence-corrected chi connectivity index (χ3v) is 6.48. The molecule has 1 aliphatic carbocycles. The predicted molar refractivity (Wildman–Crippen MR) is 127 cm³/mol. The smallest absolute Gasteiger partial charge is 0.165 e. The fraction of sp³-hybridized carbons (Fsp3) is 0.231. The highest BCUT2D eigenvalue weighted by molar-refractivity contribution is 5.90.